The van der Waals surface area contributed by atoms with Crippen molar-refractivity contribution in [2.75, 3.05) is 12.4 Å². The zero-order valence-corrected chi connectivity index (χ0v) is 16.0. The number of carbonyl (C=O) groups excluding carboxylic acids is 3. The standard InChI is InChI=1S/C15H28N4O6S/c1-7(2)4-10(13(22)17-8(3)15(24)25)18-14(23)11(6-26)19-12(21)9(16)5-20/h7-11,20,26H,4-6,16H2,1-3H3,(H,17,22)(H,18,23)(H,19,21)(H,24,25). The fourth-order valence-electron chi connectivity index (χ4n) is 1.91. The fraction of sp³-hybridized carbons (Fsp3) is 0.733. The highest BCUT2D eigenvalue weighted by Gasteiger charge is 2.29. The van der Waals surface area contributed by atoms with E-state index >= 15 is 0 Å². The van der Waals surface area contributed by atoms with Crippen molar-refractivity contribution in [3.05, 3.63) is 0 Å². The highest BCUT2D eigenvalue weighted by molar-refractivity contribution is 7.80. The summed E-state index contributed by atoms with van der Waals surface area (Å²) < 4.78 is 0. The van der Waals surface area contributed by atoms with Crippen LogP contribution in [0.2, 0.25) is 0 Å². The van der Waals surface area contributed by atoms with Crippen molar-refractivity contribution >= 4 is 36.3 Å². The van der Waals surface area contributed by atoms with Crippen LogP contribution in [0.25, 0.3) is 0 Å². The molecule has 0 radical (unpaired) electrons. The van der Waals surface area contributed by atoms with Crippen LogP contribution in [0.1, 0.15) is 27.2 Å². The number of hydrogen-bond donors (Lipinski definition) is 7. The molecule has 0 aliphatic carbocycles. The summed E-state index contributed by atoms with van der Waals surface area (Å²) in [7, 11) is 0. The van der Waals surface area contributed by atoms with Crippen LogP contribution in [0.15, 0.2) is 0 Å². The second kappa shape index (κ2) is 11.7. The second-order valence-electron chi connectivity index (χ2n) is 6.29. The van der Waals surface area contributed by atoms with E-state index in [0.717, 1.165) is 0 Å². The average Bonchev–Trinajstić information content (AvgIpc) is 2.56. The molecule has 0 aromatic heterocycles. The molecule has 4 unspecified atom stereocenters. The number of nitrogens with two attached hydrogens (primary N) is 1. The van der Waals surface area contributed by atoms with Gasteiger partial charge in [-0.2, -0.15) is 12.6 Å². The van der Waals surface area contributed by atoms with Gasteiger partial charge in [0, 0.05) is 5.75 Å². The Morgan fingerprint density at radius 1 is 0.962 bits per heavy atom. The van der Waals surface area contributed by atoms with Crippen molar-refractivity contribution in [1.82, 2.24) is 16.0 Å². The normalized spacial score (nSPS) is 15.5. The van der Waals surface area contributed by atoms with Gasteiger partial charge in [0.05, 0.1) is 6.61 Å². The number of carboxylic acids is 1. The molecule has 3 amide bonds. The predicted octanol–water partition coefficient (Wildman–Crippen LogP) is -2.16. The molecule has 0 rings (SSSR count). The van der Waals surface area contributed by atoms with Gasteiger partial charge in [0.1, 0.15) is 24.2 Å². The number of amides is 3. The molecule has 150 valence electrons. The van der Waals surface area contributed by atoms with Crippen molar-refractivity contribution < 1.29 is 29.4 Å². The number of rotatable bonds is 11. The number of aliphatic hydroxyl groups excluding tert-OH is 1. The van der Waals surface area contributed by atoms with E-state index in [4.69, 9.17) is 15.9 Å². The van der Waals surface area contributed by atoms with Gasteiger partial charge in [-0.05, 0) is 19.3 Å². The summed E-state index contributed by atoms with van der Waals surface area (Å²) in [5.41, 5.74) is 5.38. The highest BCUT2D eigenvalue weighted by Crippen LogP contribution is 2.06. The Morgan fingerprint density at radius 2 is 1.46 bits per heavy atom. The fourth-order valence-corrected chi connectivity index (χ4v) is 2.16. The summed E-state index contributed by atoms with van der Waals surface area (Å²) in [6.07, 6.45) is 0.271. The minimum absolute atomic E-state index is 0.0398. The lowest BCUT2D eigenvalue weighted by molar-refractivity contribution is -0.141. The first-order valence-corrected chi connectivity index (χ1v) is 8.77. The van der Waals surface area contributed by atoms with E-state index in [9.17, 15) is 19.2 Å². The van der Waals surface area contributed by atoms with Crippen molar-refractivity contribution in [3.8, 4) is 0 Å². The number of carbonyl (C=O) groups is 4. The molecule has 4 atom stereocenters. The third-order valence-electron chi connectivity index (χ3n) is 3.42. The Labute approximate surface area is 157 Å². The van der Waals surface area contributed by atoms with Crippen LogP contribution in [0.4, 0.5) is 0 Å². The maximum absolute atomic E-state index is 12.4. The van der Waals surface area contributed by atoms with E-state index in [-0.39, 0.29) is 18.1 Å². The summed E-state index contributed by atoms with van der Waals surface area (Å²) in [4.78, 5) is 47.2. The Bertz CT molecular complexity index is 516. The molecule has 0 aliphatic heterocycles. The summed E-state index contributed by atoms with van der Waals surface area (Å²) >= 11 is 4.00. The molecule has 0 aliphatic rings. The van der Waals surface area contributed by atoms with Gasteiger partial charge in [-0.25, -0.2) is 0 Å². The first kappa shape index (κ1) is 24.1. The zero-order chi connectivity index (χ0) is 20.4. The van der Waals surface area contributed by atoms with Gasteiger partial charge in [-0.3, -0.25) is 19.2 Å². The molecule has 7 N–H and O–H groups in total. The van der Waals surface area contributed by atoms with Crippen LogP contribution in [0.3, 0.4) is 0 Å². The summed E-state index contributed by atoms with van der Waals surface area (Å²) in [6.45, 7) is 4.40. The number of thiol groups is 1. The van der Waals surface area contributed by atoms with Crippen LogP contribution in [0, 0.1) is 5.92 Å². The lowest BCUT2D eigenvalue weighted by atomic mass is 10.0. The molecule has 0 fully saturated rings. The van der Waals surface area contributed by atoms with Gasteiger partial charge in [-0.1, -0.05) is 13.8 Å². The molecule has 0 aromatic carbocycles. The minimum Gasteiger partial charge on any atom is -0.480 e. The maximum Gasteiger partial charge on any atom is 0.325 e. The third kappa shape index (κ3) is 8.50. The quantitative estimate of drug-likeness (QED) is 0.196. The smallest absolute Gasteiger partial charge is 0.325 e. The SMILES string of the molecule is CC(C)CC(NC(=O)C(CS)NC(=O)C(N)CO)C(=O)NC(C)C(=O)O. The van der Waals surface area contributed by atoms with Gasteiger partial charge in [0.2, 0.25) is 17.7 Å². The lowest BCUT2D eigenvalue weighted by Crippen LogP contribution is -2.58. The highest BCUT2D eigenvalue weighted by atomic mass is 32.1. The maximum atomic E-state index is 12.4. The predicted molar refractivity (Wildman–Crippen MR) is 97.5 cm³/mol. The summed E-state index contributed by atoms with van der Waals surface area (Å²) in [5, 5.41) is 24.9. The molecule has 0 saturated carbocycles. The molecule has 0 heterocycles. The Kier molecular flexibility index (Phi) is 10.9. The van der Waals surface area contributed by atoms with E-state index in [1.165, 1.54) is 6.92 Å². The number of nitrogens with one attached hydrogen (secondary N) is 3. The Balaban J connectivity index is 5.06. The molecule has 0 aromatic rings. The number of carboxylic acid groups (broad SMARTS) is 1. The van der Waals surface area contributed by atoms with Crippen molar-refractivity contribution in [1.29, 1.82) is 0 Å². The van der Waals surface area contributed by atoms with Crippen molar-refractivity contribution in [3.63, 3.8) is 0 Å². The first-order valence-electron chi connectivity index (χ1n) is 8.14. The van der Waals surface area contributed by atoms with Crippen molar-refractivity contribution in [2.24, 2.45) is 11.7 Å². The van der Waals surface area contributed by atoms with Crippen LogP contribution in [-0.2, 0) is 19.2 Å². The lowest BCUT2D eigenvalue weighted by Gasteiger charge is -2.24. The molecule has 0 bridgehead atoms. The van der Waals surface area contributed by atoms with Crippen LogP contribution >= 0.6 is 12.6 Å². The van der Waals surface area contributed by atoms with Gasteiger partial charge < -0.3 is 31.9 Å². The van der Waals surface area contributed by atoms with Gasteiger partial charge >= 0.3 is 5.97 Å². The molecular weight excluding hydrogens is 364 g/mol. The molecule has 11 heteroatoms. The second-order valence-corrected chi connectivity index (χ2v) is 6.66. The third-order valence-corrected chi connectivity index (χ3v) is 3.78. The monoisotopic (exact) mass is 392 g/mol. The zero-order valence-electron chi connectivity index (χ0n) is 15.1. The Morgan fingerprint density at radius 3 is 1.88 bits per heavy atom. The molecule has 10 nitrogen and oxygen atoms in total. The Hall–Kier alpha value is -1.85. The van der Waals surface area contributed by atoms with E-state index in [2.05, 4.69) is 28.6 Å². The van der Waals surface area contributed by atoms with Crippen LogP contribution in [-0.4, -0.2) is 70.4 Å². The van der Waals surface area contributed by atoms with Gasteiger partial charge in [-0.15, -0.1) is 0 Å². The molecule has 26 heavy (non-hydrogen) atoms. The molecule has 0 spiro atoms. The van der Waals surface area contributed by atoms with Crippen LogP contribution < -0.4 is 21.7 Å². The number of aliphatic carboxylic acids is 1. The van der Waals surface area contributed by atoms with E-state index in [1.54, 1.807) is 0 Å². The van der Waals surface area contributed by atoms with Gasteiger partial charge in [0.15, 0.2) is 0 Å². The summed E-state index contributed by atoms with van der Waals surface area (Å²) in [6, 6.07) is -4.34. The van der Waals surface area contributed by atoms with E-state index in [0.29, 0.717) is 0 Å². The first-order chi connectivity index (χ1) is 12.0. The summed E-state index contributed by atoms with van der Waals surface area (Å²) in [5.74, 6) is -3.26. The largest absolute Gasteiger partial charge is 0.480 e. The number of aliphatic hydroxyl groups is 1. The minimum atomic E-state index is -1.20. The van der Waals surface area contributed by atoms with Gasteiger partial charge in [0.25, 0.3) is 0 Å². The van der Waals surface area contributed by atoms with E-state index in [1.807, 2.05) is 13.8 Å². The number of hydrogen-bond acceptors (Lipinski definition) is 7. The van der Waals surface area contributed by atoms with Crippen molar-refractivity contribution in [2.45, 2.75) is 51.4 Å². The van der Waals surface area contributed by atoms with Crippen LogP contribution in [0.5, 0.6) is 0 Å². The average molecular weight is 392 g/mol. The molecule has 0 saturated heterocycles. The van der Waals surface area contributed by atoms with E-state index < -0.39 is 54.5 Å². The molecular formula is C15H28N4O6S. The topological polar surface area (TPSA) is 171 Å².